The summed E-state index contributed by atoms with van der Waals surface area (Å²) in [6, 6.07) is 13.5. The molecule has 2 aromatic carbocycles. The van der Waals surface area contributed by atoms with Crippen LogP contribution in [0, 0.1) is 0 Å². The van der Waals surface area contributed by atoms with E-state index in [9.17, 15) is 0 Å². The average Bonchev–Trinajstić information content (AvgIpc) is 2.88. The second kappa shape index (κ2) is 5.96. The topological polar surface area (TPSA) is 44.5 Å². The molecule has 110 valence electrons. The minimum atomic E-state index is -0.125. The number of ether oxygens (including phenoxy) is 2. The molecule has 3 nitrogen and oxygen atoms in total. The number of fused-ring (bicyclic) bond motifs is 1. The summed E-state index contributed by atoms with van der Waals surface area (Å²) in [6.45, 7) is 2.41. The van der Waals surface area contributed by atoms with E-state index >= 15 is 0 Å². The van der Waals surface area contributed by atoms with Gasteiger partial charge in [-0.1, -0.05) is 29.8 Å². The second-order valence-corrected chi connectivity index (χ2v) is 5.77. The van der Waals surface area contributed by atoms with E-state index in [0.717, 1.165) is 23.5 Å². The molecule has 0 fully saturated rings. The summed E-state index contributed by atoms with van der Waals surface area (Å²) in [5, 5.41) is 0.666. The Morgan fingerprint density at radius 2 is 2.14 bits per heavy atom. The molecule has 2 atom stereocenters. The fraction of sp³-hybridized carbons (Fsp3) is 0.294. The first kappa shape index (κ1) is 14.2. The van der Waals surface area contributed by atoms with E-state index in [1.165, 1.54) is 5.56 Å². The van der Waals surface area contributed by atoms with E-state index in [0.29, 0.717) is 11.6 Å². The fourth-order valence-corrected chi connectivity index (χ4v) is 2.72. The van der Waals surface area contributed by atoms with Gasteiger partial charge in [-0.15, -0.1) is 0 Å². The molecule has 0 aliphatic carbocycles. The van der Waals surface area contributed by atoms with Crippen LogP contribution in [-0.2, 0) is 6.42 Å². The lowest BCUT2D eigenvalue weighted by Crippen LogP contribution is -2.23. The number of rotatable bonds is 4. The summed E-state index contributed by atoms with van der Waals surface area (Å²) in [7, 11) is 0. The molecule has 0 aromatic heterocycles. The Kier molecular flexibility index (Phi) is 4.04. The lowest BCUT2D eigenvalue weighted by molar-refractivity contribution is 0.147. The van der Waals surface area contributed by atoms with Crippen molar-refractivity contribution in [3.63, 3.8) is 0 Å². The molecule has 1 aliphatic rings. The maximum Gasteiger partial charge on any atom is 0.137 e. The highest BCUT2D eigenvalue weighted by Gasteiger charge is 2.23. The van der Waals surface area contributed by atoms with Crippen LogP contribution in [0.5, 0.6) is 11.5 Å². The third kappa shape index (κ3) is 3.14. The largest absolute Gasteiger partial charge is 0.489 e. The molecule has 0 saturated carbocycles. The van der Waals surface area contributed by atoms with Crippen molar-refractivity contribution in [1.29, 1.82) is 0 Å². The van der Waals surface area contributed by atoms with Crippen molar-refractivity contribution < 1.29 is 9.47 Å². The lowest BCUT2D eigenvalue weighted by atomic mass is 10.1. The molecule has 3 rings (SSSR count). The quantitative estimate of drug-likeness (QED) is 0.935. The lowest BCUT2D eigenvalue weighted by Gasteiger charge is -2.17. The van der Waals surface area contributed by atoms with E-state index in [1.54, 1.807) is 0 Å². The Hall–Kier alpha value is -1.71. The van der Waals surface area contributed by atoms with Crippen LogP contribution < -0.4 is 15.2 Å². The van der Waals surface area contributed by atoms with Crippen molar-refractivity contribution in [3.05, 3.63) is 58.6 Å². The minimum absolute atomic E-state index is 0.0407. The second-order valence-electron chi connectivity index (χ2n) is 5.33. The molecule has 1 heterocycles. The van der Waals surface area contributed by atoms with Crippen molar-refractivity contribution in [1.82, 2.24) is 0 Å². The van der Waals surface area contributed by atoms with Crippen molar-refractivity contribution >= 4 is 11.6 Å². The first-order chi connectivity index (χ1) is 10.1. The number of hydrogen-bond acceptors (Lipinski definition) is 3. The summed E-state index contributed by atoms with van der Waals surface area (Å²) in [4.78, 5) is 0. The number of benzene rings is 2. The first-order valence-corrected chi connectivity index (χ1v) is 7.43. The van der Waals surface area contributed by atoms with Gasteiger partial charge in [-0.25, -0.2) is 0 Å². The van der Waals surface area contributed by atoms with Gasteiger partial charge in [0.1, 0.15) is 24.2 Å². The van der Waals surface area contributed by atoms with Gasteiger partial charge < -0.3 is 15.2 Å². The summed E-state index contributed by atoms with van der Waals surface area (Å²) < 4.78 is 11.8. The molecule has 4 heteroatoms. The van der Waals surface area contributed by atoms with Gasteiger partial charge in [-0.05, 0) is 36.8 Å². The summed E-state index contributed by atoms with van der Waals surface area (Å²) in [5.74, 6) is 1.73. The third-order valence-corrected chi connectivity index (χ3v) is 3.84. The van der Waals surface area contributed by atoms with Crippen LogP contribution in [-0.4, -0.2) is 12.7 Å². The van der Waals surface area contributed by atoms with E-state index in [-0.39, 0.29) is 12.1 Å². The van der Waals surface area contributed by atoms with Gasteiger partial charge in [0.05, 0.1) is 0 Å². The molecule has 0 amide bonds. The van der Waals surface area contributed by atoms with E-state index in [4.69, 9.17) is 26.8 Å². The number of nitrogens with two attached hydrogens (primary N) is 1. The van der Waals surface area contributed by atoms with E-state index in [1.807, 2.05) is 43.3 Å². The van der Waals surface area contributed by atoms with E-state index < -0.39 is 0 Å². The monoisotopic (exact) mass is 303 g/mol. The zero-order valence-corrected chi connectivity index (χ0v) is 12.6. The van der Waals surface area contributed by atoms with Crippen molar-refractivity contribution in [2.24, 2.45) is 5.73 Å². The minimum Gasteiger partial charge on any atom is -0.489 e. The zero-order chi connectivity index (χ0) is 14.8. The molecular formula is C17H18ClNO2. The highest BCUT2D eigenvalue weighted by atomic mass is 35.5. The normalized spacial score (nSPS) is 18.0. The van der Waals surface area contributed by atoms with Crippen molar-refractivity contribution in [2.75, 3.05) is 6.61 Å². The van der Waals surface area contributed by atoms with Crippen LogP contribution in [0.25, 0.3) is 0 Å². The molecule has 2 unspecified atom stereocenters. The third-order valence-electron chi connectivity index (χ3n) is 3.60. The summed E-state index contributed by atoms with van der Waals surface area (Å²) in [5.41, 5.74) is 8.11. The van der Waals surface area contributed by atoms with Crippen molar-refractivity contribution in [3.8, 4) is 11.5 Å². The van der Waals surface area contributed by atoms with Gasteiger partial charge in [0, 0.05) is 23.0 Å². The smallest absolute Gasteiger partial charge is 0.137 e. The number of para-hydroxylation sites is 1. The predicted molar refractivity (Wildman–Crippen MR) is 84.1 cm³/mol. The molecule has 0 saturated heterocycles. The molecule has 0 bridgehead atoms. The van der Waals surface area contributed by atoms with Gasteiger partial charge in [0.2, 0.25) is 0 Å². The van der Waals surface area contributed by atoms with Gasteiger partial charge in [0.25, 0.3) is 0 Å². The summed E-state index contributed by atoms with van der Waals surface area (Å²) in [6.07, 6.45) is 0.913. The van der Waals surface area contributed by atoms with Crippen LogP contribution in [0.1, 0.15) is 24.1 Å². The molecule has 1 aliphatic heterocycles. The van der Waals surface area contributed by atoms with Crippen LogP contribution in [0.4, 0.5) is 0 Å². The fourth-order valence-electron chi connectivity index (χ4n) is 2.54. The highest BCUT2D eigenvalue weighted by Crippen LogP contribution is 2.30. The van der Waals surface area contributed by atoms with Crippen LogP contribution in [0.2, 0.25) is 5.02 Å². The first-order valence-electron chi connectivity index (χ1n) is 7.06. The van der Waals surface area contributed by atoms with E-state index in [2.05, 4.69) is 6.07 Å². The van der Waals surface area contributed by atoms with Crippen molar-refractivity contribution in [2.45, 2.75) is 25.5 Å². The summed E-state index contributed by atoms with van der Waals surface area (Å²) >= 11 is 6.01. The molecular weight excluding hydrogens is 286 g/mol. The Morgan fingerprint density at radius 1 is 1.33 bits per heavy atom. The molecule has 0 radical (unpaired) electrons. The van der Waals surface area contributed by atoms with Crippen LogP contribution >= 0.6 is 11.6 Å². The standard InChI is InChI=1S/C17H18ClNO2/c1-11(19)15-9-13(18)6-7-17(15)20-10-14-8-12-4-2-3-5-16(12)21-14/h2-7,9,11,14H,8,10,19H2,1H3. The van der Waals surface area contributed by atoms with Gasteiger partial charge in [-0.2, -0.15) is 0 Å². The molecule has 0 spiro atoms. The maximum atomic E-state index is 6.01. The SMILES string of the molecule is CC(N)c1cc(Cl)ccc1OCC1Cc2ccccc2O1. The van der Waals surface area contributed by atoms with Gasteiger partial charge >= 0.3 is 0 Å². The van der Waals surface area contributed by atoms with Crippen LogP contribution in [0.15, 0.2) is 42.5 Å². The Balaban J connectivity index is 1.67. The van der Waals surface area contributed by atoms with Gasteiger partial charge in [0.15, 0.2) is 0 Å². The molecule has 2 N–H and O–H groups in total. The highest BCUT2D eigenvalue weighted by molar-refractivity contribution is 6.30. The van der Waals surface area contributed by atoms with Crippen LogP contribution in [0.3, 0.4) is 0 Å². The maximum absolute atomic E-state index is 6.01. The Labute approximate surface area is 129 Å². The number of hydrogen-bond donors (Lipinski definition) is 1. The average molecular weight is 304 g/mol. The Bertz CT molecular complexity index is 617. The zero-order valence-electron chi connectivity index (χ0n) is 11.9. The molecule has 2 aromatic rings. The van der Waals surface area contributed by atoms with Gasteiger partial charge in [-0.3, -0.25) is 0 Å². The number of halogens is 1. The Morgan fingerprint density at radius 3 is 2.90 bits per heavy atom. The molecule has 21 heavy (non-hydrogen) atoms. The predicted octanol–water partition coefficient (Wildman–Crippen LogP) is 3.74.